The highest BCUT2D eigenvalue weighted by atomic mass is 16.2. The van der Waals surface area contributed by atoms with Gasteiger partial charge in [0, 0.05) is 32.1 Å². The lowest BCUT2D eigenvalue weighted by atomic mass is 10.1. The van der Waals surface area contributed by atoms with Gasteiger partial charge in [-0.1, -0.05) is 13.8 Å². The van der Waals surface area contributed by atoms with Crippen molar-refractivity contribution in [1.82, 2.24) is 9.80 Å². The van der Waals surface area contributed by atoms with Gasteiger partial charge in [-0.25, -0.2) is 0 Å². The summed E-state index contributed by atoms with van der Waals surface area (Å²) in [6.07, 6.45) is 3.11. The number of nitrogens with zero attached hydrogens (tertiary/aromatic N) is 2. The molecule has 0 spiro atoms. The number of carbonyl (C=O) groups excluding carboxylic acids is 2. The Labute approximate surface area is 103 Å². The number of rotatable bonds is 2. The molecule has 2 heterocycles. The lowest BCUT2D eigenvalue weighted by molar-refractivity contribution is -0.135. The van der Waals surface area contributed by atoms with E-state index in [1.54, 1.807) is 0 Å². The van der Waals surface area contributed by atoms with Crippen LogP contribution in [0.15, 0.2) is 0 Å². The van der Waals surface area contributed by atoms with Crippen LogP contribution in [0.25, 0.3) is 0 Å². The molecule has 0 aliphatic carbocycles. The summed E-state index contributed by atoms with van der Waals surface area (Å²) in [5.74, 6) is 0.537. The highest BCUT2D eigenvalue weighted by Gasteiger charge is 2.34. The van der Waals surface area contributed by atoms with Gasteiger partial charge in [-0.2, -0.15) is 0 Å². The summed E-state index contributed by atoms with van der Waals surface area (Å²) < 4.78 is 0. The molecule has 2 fully saturated rings. The Kier molecular flexibility index (Phi) is 3.69. The van der Waals surface area contributed by atoms with Gasteiger partial charge in [-0.3, -0.25) is 9.59 Å². The zero-order valence-corrected chi connectivity index (χ0v) is 10.8. The maximum atomic E-state index is 12.2. The van der Waals surface area contributed by atoms with Crippen LogP contribution in [-0.2, 0) is 9.59 Å². The molecule has 0 aromatic carbocycles. The van der Waals surface area contributed by atoms with Crippen LogP contribution in [0.4, 0.5) is 0 Å². The minimum atomic E-state index is 0.0376. The number of carbonyl (C=O) groups is 2. The Morgan fingerprint density at radius 1 is 1.06 bits per heavy atom. The molecule has 0 radical (unpaired) electrons. The minimum absolute atomic E-state index is 0.0376. The molecule has 2 saturated heterocycles. The molecule has 2 aliphatic heterocycles. The van der Waals surface area contributed by atoms with Gasteiger partial charge in [-0.15, -0.1) is 0 Å². The molecule has 4 nitrogen and oxygen atoms in total. The Balaban J connectivity index is 1.89. The van der Waals surface area contributed by atoms with Crippen molar-refractivity contribution in [2.24, 2.45) is 11.8 Å². The van der Waals surface area contributed by atoms with Crippen molar-refractivity contribution in [2.75, 3.05) is 26.2 Å². The molecule has 2 rings (SSSR count). The molecule has 17 heavy (non-hydrogen) atoms. The van der Waals surface area contributed by atoms with Crippen LogP contribution < -0.4 is 0 Å². The second-order valence-corrected chi connectivity index (χ2v) is 5.46. The van der Waals surface area contributed by atoms with Crippen molar-refractivity contribution in [2.45, 2.75) is 33.1 Å². The van der Waals surface area contributed by atoms with E-state index in [0.717, 1.165) is 38.9 Å². The van der Waals surface area contributed by atoms with Crippen molar-refractivity contribution in [3.63, 3.8) is 0 Å². The fraction of sp³-hybridized carbons (Fsp3) is 0.846. The average molecular weight is 238 g/mol. The molecule has 96 valence electrons. The second-order valence-electron chi connectivity index (χ2n) is 5.46. The van der Waals surface area contributed by atoms with Crippen LogP contribution >= 0.6 is 0 Å². The van der Waals surface area contributed by atoms with Crippen molar-refractivity contribution >= 4 is 11.8 Å². The predicted molar refractivity (Wildman–Crippen MR) is 65.3 cm³/mol. The first-order chi connectivity index (χ1) is 8.09. The summed E-state index contributed by atoms with van der Waals surface area (Å²) in [6, 6.07) is 0. The Bertz CT molecular complexity index is 309. The van der Waals surface area contributed by atoms with E-state index in [1.165, 1.54) is 0 Å². The summed E-state index contributed by atoms with van der Waals surface area (Å²) >= 11 is 0. The van der Waals surface area contributed by atoms with Crippen LogP contribution in [0, 0.1) is 11.8 Å². The highest BCUT2D eigenvalue weighted by molar-refractivity contribution is 5.83. The van der Waals surface area contributed by atoms with E-state index in [-0.39, 0.29) is 23.7 Å². The van der Waals surface area contributed by atoms with Crippen molar-refractivity contribution < 1.29 is 9.59 Å². The zero-order chi connectivity index (χ0) is 12.4. The second kappa shape index (κ2) is 5.07. The average Bonchev–Trinajstić information content (AvgIpc) is 2.98. The molecule has 2 amide bonds. The van der Waals surface area contributed by atoms with Crippen LogP contribution in [0.3, 0.4) is 0 Å². The first-order valence-corrected chi connectivity index (χ1v) is 6.67. The summed E-state index contributed by atoms with van der Waals surface area (Å²) in [4.78, 5) is 27.8. The summed E-state index contributed by atoms with van der Waals surface area (Å²) in [6.45, 7) is 7.03. The standard InChI is InChI=1S/C13H22N2O2/c1-10(2)12(16)15-8-5-11(9-15)13(17)14-6-3-4-7-14/h10-11H,3-9H2,1-2H3. The van der Waals surface area contributed by atoms with Gasteiger partial charge >= 0.3 is 0 Å². The largest absolute Gasteiger partial charge is 0.342 e. The fourth-order valence-electron chi connectivity index (χ4n) is 2.72. The topological polar surface area (TPSA) is 40.6 Å². The Hall–Kier alpha value is -1.06. The number of amides is 2. The van der Waals surface area contributed by atoms with E-state index < -0.39 is 0 Å². The first-order valence-electron chi connectivity index (χ1n) is 6.67. The van der Waals surface area contributed by atoms with Crippen molar-refractivity contribution in [1.29, 1.82) is 0 Å². The highest BCUT2D eigenvalue weighted by Crippen LogP contribution is 2.22. The minimum Gasteiger partial charge on any atom is -0.342 e. The first kappa shape index (κ1) is 12.4. The Morgan fingerprint density at radius 2 is 1.71 bits per heavy atom. The monoisotopic (exact) mass is 238 g/mol. The normalized spacial score (nSPS) is 24.8. The van der Waals surface area contributed by atoms with E-state index in [1.807, 2.05) is 23.6 Å². The van der Waals surface area contributed by atoms with Gasteiger partial charge in [0.1, 0.15) is 0 Å². The molecule has 1 unspecified atom stereocenters. The molecule has 2 aliphatic rings. The quantitative estimate of drug-likeness (QED) is 0.723. The molecule has 0 aromatic rings. The predicted octanol–water partition coefficient (Wildman–Crippen LogP) is 1.11. The van der Waals surface area contributed by atoms with Crippen LogP contribution in [0.5, 0.6) is 0 Å². The molecule has 0 N–H and O–H groups in total. The van der Waals surface area contributed by atoms with Gasteiger partial charge in [0.25, 0.3) is 0 Å². The van der Waals surface area contributed by atoms with E-state index in [0.29, 0.717) is 6.54 Å². The van der Waals surface area contributed by atoms with Gasteiger partial charge in [-0.05, 0) is 19.3 Å². The maximum Gasteiger partial charge on any atom is 0.227 e. The van der Waals surface area contributed by atoms with E-state index in [4.69, 9.17) is 0 Å². The summed E-state index contributed by atoms with van der Waals surface area (Å²) in [5, 5.41) is 0. The molecule has 1 atom stereocenters. The lowest BCUT2D eigenvalue weighted by Gasteiger charge is -2.21. The fourth-order valence-corrected chi connectivity index (χ4v) is 2.72. The third kappa shape index (κ3) is 2.61. The smallest absolute Gasteiger partial charge is 0.227 e. The zero-order valence-electron chi connectivity index (χ0n) is 10.8. The third-order valence-electron chi connectivity index (χ3n) is 3.76. The number of hydrogen-bond acceptors (Lipinski definition) is 2. The molecular weight excluding hydrogens is 216 g/mol. The van der Waals surface area contributed by atoms with Crippen LogP contribution in [-0.4, -0.2) is 47.8 Å². The Morgan fingerprint density at radius 3 is 2.29 bits per heavy atom. The molecular formula is C13H22N2O2. The van der Waals surface area contributed by atoms with Gasteiger partial charge < -0.3 is 9.80 Å². The van der Waals surface area contributed by atoms with Gasteiger partial charge in [0.2, 0.25) is 11.8 Å². The number of hydrogen-bond donors (Lipinski definition) is 0. The van der Waals surface area contributed by atoms with Gasteiger partial charge in [0.05, 0.1) is 5.92 Å². The number of likely N-dealkylation sites (tertiary alicyclic amines) is 2. The molecule has 0 aromatic heterocycles. The lowest BCUT2D eigenvalue weighted by Crippen LogP contribution is -2.37. The molecule has 0 bridgehead atoms. The van der Waals surface area contributed by atoms with Crippen LogP contribution in [0.2, 0.25) is 0 Å². The van der Waals surface area contributed by atoms with E-state index >= 15 is 0 Å². The summed E-state index contributed by atoms with van der Waals surface area (Å²) in [5.41, 5.74) is 0. The van der Waals surface area contributed by atoms with E-state index in [2.05, 4.69) is 0 Å². The third-order valence-corrected chi connectivity index (χ3v) is 3.76. The van der Waals surface area contributed by atoms with Crippen LogP contribution in [0.1, 0.15) is 33.1 Å². The summed E-state index contributed by atoms with van der Waals surface area (Å²) in [7, 11) is 0. The van der Waals surface area contributed by atoms with Crippen molar-refractivity contribution in [3.8, 4) is 0 Å². The van der Waals surface area contributed by atoms with Crippen molar-refractivity contribution in [3.05, 3.63) is 0 Å². The maximum absolute atomic E-state index is 12.2. The molecule has 0 saturated carbocycles. The SMILES string of the molecule is CC(C)C(=O)N1CCC(C(=O)N2CCCC2)C1. The van der Waals surface area contributed by atoms with Gasteiger partial charge in [0.15, 0.2) is 0 Å². The molecule has 4 heteroatoms. The van der Waals surface area contributed by atoms with E-state index in [9.17, 15) is 9.59 Å².